The molecule has 0 aliphatic carbocycles. The van der Waals surface area contributed by atoms with Gasteiger partial charge in [0.25, 0.3) is 0 Å². The summed E-state index contributed by atoms with van der Waals surface area (Å²) in [5.74, 6) is -0.00468. The van der Waals surface area contributed by atoms with Gasteiger partial charge in [0.05, 0.1) is 11.7 Å². The molecule has 1 heterocycles. The van der Waals surface area contributed by atoms with Crippen LogP contribution < -0.4 is 10.6 Å². The number of carbonyl (C=O) groups is 1. The minimum absolute atomic E-state index is 0.00468. The number of aromatic nitrogens is 2. The Balaban J connectivity index is 2.50. The summed E-state index contributed by atoms with van der Waals surface area (Å²) in [5.41, 5.74) is 1.47. The fraction of sp³-hybridized carbons (Fsp3) is 0.636. The summed E-state index contributed by atoms with van der Waals surface area (Å²) in [6.45, 7) is 8.93. The largest absolute Gasteiger partial charge is 0.350 e. The molecule has 0 atom stereocenters. The van der Waals surface area contributed by atoms with Crippen molar-refractivity contribution < 1.29 is 4.79 Å². The second-order valence-corrected chi connectivity index (χ2v) is 4.36. The van der Waals surface area contributed by atoms with E-state index in [0.717, 1.165) is 17.8 Å². The standard InChI is InChI=1S/C11H20N4O/c1-5-13-11(3,4)10(16)12-6-9-7-14-15-8(9)2/h7,13H,5-6H2,1-4H3,(H,12,16)(H,14,15). The number of hydrogen-bond acceptors (Lipinski definition) is 3. The van der Waals surface area contributed by atoms with Gasteiger partial charge in [-0.3, -0.25) is 9.89 Å². The van der Waals surface area contributed by atoms with Crippen LogP contribution in [0, 0.1) is 6.92 Å². The lowest BCUT2D eigenvalue weighted by Crippen LogP contribution is -2.52. The van der Waals surface area contributed by atoms with Crippen molar-refractivity contribution in [3.05, 3.63) is 17.5 Å². The topological polar surface area (TPSA) is 69.8 Å². The molecule has 1 aromatic heterocycles. The lowest BCUT2D eigenvalue weighted by molar-refractivity contribution is -0.126. The van der Waals surface area contributed by atoms with Crippen molar-refractivity contribution in [3.63, 3.8) is 0 Å². The van der Waals surface area contributed by atoms with E-state index in [4.69, 9.17) is 0 Å². The molecule has 0 radical (unpaired) electrons. The van der Waals surface area contributed by atoms with Gasteiger partial charge in [-0.05, 0) is 27.3 Å². The molecule has 0 bridgehead atoms. The van der Waals surface area contributed by atoms with Crippen molar-refractivity contribution in [3.8, 4) is 0 Å². The van der Waals surface area contributed by atoms with Gasteiger partial charge in [-0.25, -0.2) is 0 Å². The predicted molar refractivity (Wildman–Crippen MR) is 62.9 cm³/mol. The first-order valence-corrected chi connectivity index (χ1v) is 5.49. The summed E-state index contributed by atoms with van der Waals surface area (Å²) >= 11 is 0. The Morgan fingerprint density at radius 1 is 1.56 bits per heavy atom. The van der Waals surface area contributed by atoms with Gasteiger partial charge in [0.1, 0.15) is 0 Å². The zero-order chi connectivity index (χ0) is 12.2. The predicted octanol–water partition coefficient (Wildman–Crippen LogP) is 0.722. The molecule has 0 saturated carbocycles. The van der Waals surface area contributed by atoms with E-state index in [-0.39, 0.29) is 5.91 Å². The van der Waals surface area contributed by atoms with Crippen molar-refractivity contribution in [2.75, 3.05) is 6.54 Å². The second kappa shape index (κ2) is 5.12. The van der Waals surface area contributed by atoms with Crippen LogP contribution in [0.4, 0.5) is 0 Å². The highest BCUT2D eigenvalue weighted by Crippen LogP contribution is 2.05. The average Bonchev–Trinajstić information content (AvgIpc) is 2.60. The monoisotopic (exact) mass is 224 g/mol. The molecule has 5 nitrogen and oxygen atoms in total. The van der Waals surface area contributed by atoms with Crippen LogP contribution in [0.3, 0.4) is 0 Å². The highest BCUT2D eigenvalue weighted by molar-refractivity contribution is 5.85. The van der Waals surface area contributed by atoms with Crippen molar-refractivity contribution in [1.29, 1.82) is 0 Å². The summed E-state index contributed by atoms with van der Waals surface area (Å²) in [6.07, 6.45) is 1.73. The fourth-order valence-corrected chi connectivity index (χ4v) is 1.47. The molecule has 0 saturated heterocycles. The lowest BCUT2D eigenvalue weighted by atomic mass is 10.0. The minimum Gasteiger partial charge on any atom is -0.350 e. The molecular weight excluding hydrogens is 204 g/mol. The zero-order valence-electron chi connectivity index (χ0n) is 10.3. The van der Waals surface area contributed by atoms with E-state index >= 15 is 0 Å². The number of hydrogen-bond donors (Lipinski definition) is 3. The number of nitrogens with zero attached hydrogens (tertiary/aromatic N) is 1. The smallest absolute Gasteiger partial charge is 0.239 e. The number of rotatable bonds is 5. The maximum absolute atomic E-state index is 11.9. The van der Waals surface area contributed by atoms with Crippen LogP contribution in [0.5, 0.6) is 0 Å². The Kier molecular flexibility index (Phi) is 4.06. The summed E-state index contributed by atoms with van der Waals surface area (Å²) in [7, 11) is 0. The highest BCUT2D eigenvalue weighted by atomic mass is 16.2. The normalized spacial score (nSPS) is 11.5. The third-order valence-electron chi connectivity index (χ3n) is 2.56. The fourth-order valence-electron chi connectivity index (χ4n) is 1.47. The first-order chi connectivity index (χ1) is 7.47. The average molecular weight is 224 g/mol. The molecule has 16 heavy (non-hydrogen) atoms. The van der Waals surface area contributed by atoms with Crippen LogP contribution in [0.1, 0.15) is 32.0 Å². The molecule has 0 spiro atoms. The number of amides is 1. The van der Waals surface area contributed by atoms with Gasteiger partial charge in [-0.2, -0.15) is 5.10 Å². The Bertz CT molecular complexity index is 357. The van der Waals surface area contributed by atoms with Crippen molar-refractivity contribution in [2.24, 2.45) is 0 Å². The second-order valence-electron chi connectivity index (χ2n) is 4.36. The van der Waals surface area contributed by atoms with E-state index in [2.05, 4.69) is 20.8 Å². The Morgan fingerprint density at radius 3 is 2.75 bits per heavy atom. The number of likely N-dealkylation sites (N-methyl/N-ethyl adjacent to an activating group) is 1. The van der Waals surface area contributed by atoms with Crippen LogP contribution >= 0.6 is 0 Å². The van der Waals surface area contributed by atoms with Crippen LogP contribution in [0.15, 0.2) is 6.20 Å². The maximum atomic E-state index is 11.9. The van der Waals surface area contributed by atoms with Gasteiger partial charge in [-0.1, -0.05) is 6.92 Å². The summed E-state index contributed by atoms with van der Waals surface area (Å²) in [6, 6.07) is 0. The molecule has 3 N–H and O–H groups in total. The first-order valence-electron chi connectivity index (χ1n) is 5.49. The molecule has 0 fully saturated rings. The van der Waals surface area contributed by atoms with E-state index in [1.165, 1.54) is 0 Å². The number of H-pyrrole nitrogens is 1. The summed E-state index contributed by atoms with van der Waals surface area (Å²) < 4.78 is 0. The van der Waals surface area contributed by atoms with E-state index in [0.29, 0.717) is 6.54 Å². The van der Waals surface area contributed by atoms with Gasteiger partial charge in [0.2, 0.25) is 5.91 Å². The Hall–Kier alpha value is -1.36. The van der Waals surface area contributed by atoms with Crippen molar-refractivity contribution >= 4 is 5.91 Å². The Morgan fingerprint density at radius 2 is 2.25 bits per heavy atom. The van der Waals surface area contributed by atoms with E-state index in [1.807, 2.05) is 27.7 Å². The van der Waals surface area contributed by atoms with Crippen molar-refractivity contribution in [1.82, 2.24) is 20.8 Å². The molecule has 5 heteroatoms. The third kappa shape index (κ3) is 3.06. The van der Waals surface area contributed by atoms with Gasteiger partial charge in [-0.15, -0.1) is 0 Å². The van der Waals surface area contributed by atoms with Crippen LogP contribution in [-0.2, 0) is 11.3 Å². The molecular formula is C11H20N4O. The number of nitrogens with one attached hydrogen (secondary N) is 3. The van der Waals surface area contributed by atoms with Gasteiger partial charge in [0, 0.05) is 17.8 Å². The highest BCUT2D eigenvalue weighted by Gasteiger charge is 2.25. The van der Waals surface area contributed by atoms with Crippen molar-refractivity contribution in [2.45, 2.75) is 39.8 Å². The molecule has 0 aromatic carbocycles. The van der Waals surface area contributed by atoms with Gasteiger partial charge >= 0.3 is 0 Å². The van der Waals surface area contributed by atoms with Gasteiger partial charge in [0.15, 0.2) is 0 Å². The van der Waals surface area contributed by atoms with Gasteiger partial charge < -0.3 is 10.6 Å². The number of aryl methyl sites for hydroxylation is 1. The quantitative estimate of drug-likeness (QED) is 0.690. The minimum atomic E-state index is -0.535. The van der Waals surface area contributed by atoms with Crippen LogP contribution in [0.25, 0.3) is 0 Å². The Labute approximate surface area is 96.0 Å². The molecule has 1 aromatic rings. The van der Waals surface area contributed by atoms with Crippen LogP contribution in [-0.4, -0.2) is 28.2 Å². The molecule has 0 unspecified atom stereocenters. The first kappa shape index (κ1) is 12.7. The maximum Gasteiger partial charge on any atom is 0.239 e. The summed E-state index contributed by atoms with van der Waals surface area (Å²) in [5, 5.41) is 12.8. The number of aromatic amines is 1. The number of carbonyl (C=O) groups excluding carboxylic acids is 1. The molecule has 0 aliphatic rings. The van der Waals surface area contributed by atoms with E-state index < -0.39 is 5.54 Å². The third-order valence-corrected chi connectivity index (χ3v) is 2.56. The molecule has 0 aliphatic heterocycles. The zero-order valence-corrected chi connectivity index (χ0v) is 10.3. The van der Waals surface area contributed by atoms with Crippen LogP contribution in [0.2, 0.25) is 0 Å². The lowest BCUT2D eigenvalue weighted by Gasteiger charge is -2.24. The summed E-state index contributed by atoms with van der Waals surface area (Å²) in [4.78, 5) is 11.9. The molecule has 1 rings (SSSR count). The van der Waals surface area contributed by atoms with E-state index in [9.17, 15) is 4.79 Å². The molecule has 90 valence electrons. The molecule has 1 amide bonds. The SMILES string of the molecule is CCNC(C)(C)C(=O)NCc1cn[nH]c1C. The van der Waals surface area contributed by atoms with E-state index in [1.54, 1.807) is 6.20 Å².